The molecule has 1 aliphatic rings. The summed E-state index contributed by atoms with van der Waals surface area (Å²) in [6.45, 7) is 3.43. The third-order valence-electron chi connectivity index (χ3n) is 1.98. The highest BCUT2D eigenvalue weighted by Crippen LogP contribution is 2.20. The lowest BCUT2D eigenvalue weighted by Crippen LogP contribution is -2.08. The zero-order valence-electron chi connectivity index (χ0n) is 6.71. The van der Waals surface area contributed by atoms with Crippen LogP contribution in [0, 0.1) is 0 Å². The van der Waals surface area contributed by atoms with E-state index in [0.29, 0.717) is 0 Å². The first-order chi connectivity index (χ1) is 5.34. The van der Waals surface area contributed by atoms with Crippen molar-refractivity contribution in [2.45, 2.75) is 31.8 Å². The lowest BCUT2D eigenvalue weighted by Gasteiger charge is -2.14. The van der Waals surface area contributed by atoms with Gasteiger partial charge in [-0.25, -0.2) is 0 Å². The molecule has 0 amide bonds. The molecule has 1 unspecified atom stereocenters. The Morgan fingerprint density at radius 3 is 3.00 bits per heavy atom. The predicted octanol–water partition coefficient (Wildman–Crippen LogP) is 2.19. The van der Waals surface area contributed by atoms with Gasteiger partial charge in [-0.3, -0.25) is 0 Å². The summed E-state index contributed by atoms with van der Waals surface area (Å²) in [6, 6.07) is 0. The van der Waals surface area contributed by atoms with Gasteiger partial charge in [0.2, 0.25) is 0 Å². The van der Waals surface area contributed by atoms with Gasteiger partial charge in [-0.15, -0.1) is 5.73 Å². The Balaban J connectivity index is 2.57. The standard InChI is InChI=1S/C10H14O/c1-2-6-10(11)9-7-4-3-5-8-9/h6-7,10-11H,1,3-5,8H2. The van der Waals surface area contributed by atoms with Gasteiger partial charge in [-0.2, -0.15) is 0 Å². The first kappa shape index (κ1) is 8.32. The second kappa shape index (κ2) is 4.17. The Hall–Kier alpha value is -0.780. The highest BCUT2D eigenvalue weighted by molar-refractivity contribution is 5.16. The van der Waals surface area contributed by atoms with Crippen molar-refractivity contribution in [2.75, 3.05) is 0 Å². The third kappa shape index (κ3) is 2.38. The molecule has 0 spiro atoms. The van der Waals surface area contributed by atoms with Crippen molar-refractivity contribution in [1.82, 2.24) is 0 Å². The van der Waals surface area contributed by atoms with Gasteiger partial charge < -0.3 is 5.11 Å². The quantitative estimate of drug-likeness (QED) is 0.472. The maximum Gasteiger partial charge on any atom is 0.100 e. The van der Waals surface area contributed by atoms with E-state index in [1.807, 2.05) is 0 Å². The molecule has 0 fully saturated rings. The molecule has 0 aromatic heterocycles. The summed E-state index contributed by atoms with van der Waals surface area (Å²) in [4.78, 5) is 0. The number of aliphatic hydroxyl groups excluding tert-OH is 1. The Morgan fingerprint density at radius 2 is 2.45 bits per heavy atom. The molecule has 0 aliphatic heterocycles. The van der Waals surface area contributed by atoms with Crippen LogP contribution >= 0.6 is 0 Å². The van der Waals surface area contributed by atoms with Crippen molar-refractivity contribution in [2.24, 2.45) is 0 Å². The summed E-state index contributed by atoms with van der Waals surface area (Å²) >= 11 is 0. The van der Waals surface area contributed by atoms with Crippen molar-refractivity contribution in [3.63, 3.8) is 0 Å². The monoisotopic (exact) mass is 150 g/mol. The molecular weight excluding hydrogens is 136 g/mol. The second-order valence-electron chi connectivity index (χ2n) is 2.84. The van der Waals surface area contributed by atoms with Crippen molar-refractivity contribution < 1.29 is 5.11 Å². The number of aliphatic hydroxyl groups is 1. The maximum absolute atomic E-state index is 9.45. The average Bonchev–Trinajstić information content (AvgIpc) is 2.07. The van der Waals surface area contributed by atoms with E-state index < -0.39 is 6.10 Å². The molecule has 0 aromatic rings. The van der Waals surface area contributed by atoms with Gasteiger partial charge in [0.25, 0.3) is 0 Å². The summed E-state index contributed by atoms with van der Waals surface area (Å²) < 4.78 is 0. The van der Waals surface area contributed by atoms with Crippen LogP contribution in [0.5, 0.6) is 0 Å². The molecule has 0 heterocycles. The normalized spacial score (nSPS) is 19.9. The van der Waals surface area contributed by atoms with E-state index >= 15 is 0 Å². The first-order valence-electron chi connectivity index (χ1n) is 4.07. The van der Waals surface area contributed by atoms with E-state index in [0.717, 1.165) is 18.4 Å². The summed E-state index contributed by atoms with van der Waals surface area (Å²) in [7, 11) is 0. The van der Waals surface area contributed by atoms with Crippen LogP contribution in [0.1, 0.15) is 25.7 Å². The van der Waals surface area contributed by atoms with Gasteiger partial charge in [0, 0.05) is 0 Å². The Bertz CT molecular complexity index is 197. The largest absolute Gasteiger partial charge is 0.384 e. The molecule has 1 atom stereocenters. The molecule has 1 rings (SSSR count). The van der Waals surface area contributed by atoms with E-state index in [1.165, 1.54) is 12.8 Å². The molecule has 1 N–H and O–H groups in total. The van der Waals surface area contributed by atoms with E-state index in [2.05, 4.69) is 18.4 Å². The molecule has 11 heavy (non-hydrogen) atoms. The lowest BCUT2D eigenvalue weighted by molar-refractivity contribution is 0.251. The minimum absolute atomic E-state index is 0.437. The molecule has 0 bridgehead atoms. The third-order valence-corrected chi connectivity index (χ3v) is 1.98. The number of hydrogen-bond donors (Lipinski definition) is 1. The van der Waals surface area contributed by atoms with E-state index in [9.17, 15) is 5.11 Å². The fraction of sp³-hybridized carbons (Fsp3) is 0.500. The molecule has 1 heteroatoms. The highest BCUT2D eigenvalue weighted by Gasteiger charge is 2.09. The fourth-order valence-electron chi connectivity index (χ4n) is 1.35. The summed E-state index contributed by atoms with van der Waals surface area (Å²) in [5.41, 5.74) is 3.73. The van der Waals surface area contributed by atoms with Crippen LogP contribution in [0.25, 0.3) is 0 Å². The topological polar surface area (TPSA) is 20.2 Å². The van der Waals surface area contributed by atoms with Crippen LogP contribution in [0.3, 0.4) is 0 Å². The molecule has 0 aromatic carbocycles. The average molecular weight is 150 g/mol. The van der Waals surface area contributed by atoms with E-state index in [-0.39, 0.29) is 0 Å². The van der Waals surface area contributed by atoms with Crippen molar-refractivity contribution in [3.8, 4) is 0 Å². The van der Waals surface area contributed by atoms with Gasteiger partial charge in [-0.05, 0) is 37.3 Å². The van der Waals surface area contributed by atoms with Crippen LogP contribution in [0.4, 0.5) is 0 Å². The van der Waals surface area contributed by atoms with Gasteiger partial charge in [0.1, 0.15) is 6.10 Å². The molecule has 0 saturated heterocycles. The van der Waals surface area contributed by atoms with Crippen LogP contribution in [0.15, 0.2) is 30.0 Å². The number of hydrogen-bond acceptors (Lipinski definition) is 1. The summed E-state index contributed by atoms with van der Waals surface area (Å²) in [6.07, 6.45) is 7.89. The molecule has 60 valence electrons. The zero-order valence-corrected chi connectivity index (χ0v) is 6.71. The van der Waals surface area contributed by atoms with Gasteiger partial charge in [-0.1, -0.05) is 12.7 Å². The van der Waals surface area contributed by atoms with Crippen molar-refractivity contribution in [1.29, 1.82) is 0 Å². The molecule has 1 nitrogen and oxygen atoms in total. The van der Waals surface area contributed by atoms with Crippen LogP contribution < -0.4 is 0 Å². The molecule has 0 radical (unpaired) electrons. The predicted molar refractivity (Wildman–Crippen MR) is 46.3 cm³/mol. The Morgan fingerprint density at radius 1 is 1.64 bits per heavy atom. The minimum Gasteiger partial charge on any atom is -0.384 e. The molecule has 0 saturated carbocycles. The van der Waals surface area contributed by atoms with Gasteiger partial charge in [0.15, 0.2) is 0 Å². The summed E-state index contributed by atoms with van der Waals surface area (Å²) in [5, 5.41) is 9.45. The van der Waals surface area contributed by atoms with E-state index in [4.69, 9.17) is 0 Å². The number of allylic oxidation sites excluding steroid dienone is 1. The molecule has 1 aliphatic carbocycles. The fourth-order valence-corrected chi connectivity index (χ4v) is 1.35. The molecular formula is C10H14O. The van der Waals surface area contributed by atoms with Crippen molar-refractivity contribution in [3.05, 3.63) is 30.0 Å². The SMILES string of the molecule is C=C=CC(O)C1=CCCCC1. The number of rotatable bonds is 2. The van der Waals surface area contributed by atoms with Crippen LogP contribution in [-0.2, 0) is 0 Å². The van der Waals surface area contributed by atoms with E-state index in [1.54, 1.807) is 6.08 Å². The zero-order chi connectivity index (χ0) is 8.10. The Kier molecular flexibility index (Phi) is 3.15. The lowest BCUT2D eigenvalue weighted by atomic mass is 9.95. The van der Waals surface area contributed by atoms with Crippen LogP contribution in [0.2, 0.25) is 0 Å². The van der Waals surface area contributed by atoms with Crippen molar-refractivity contribution >= 4 is 0 Å². The van der Waals surface area contributed by atoms with Gasteiger partial charge in [0.05, 0.1) is 0 Å². The maximum atomic E-state index is 9.45. The van der Waals surface area contributed by atoms with Crippen LogP contribution in [-0.4, -0.2) is 11.2 Å². The second-order valence-corrected chi connectivity index (χ2v) is 2.84. The summed E-state index contributed by atoms with van der Waals surface area (Å²) in [5.74, 6) is 0. The highest BCUT2D eigenvalue weighted by atomic mass is 16.3. The Labute approximate surface area is 67.7 Å². The minimum atomic E-state index is -0.437. The van der Waals surface area contributed by atoms with Gasteiger partial charge >= 0.3 is 0 Å². The smallest absolute Gasteiger partial charge is 0.100 e. The first-order valence-corrected chi connectivity index (χ1v) is 4.07.